The highest BCUT2D eigenvalue weighted by atomic mass is 32.1. The lowest BCUT2D eigenvalue weighted by Crippen LogP contribution is -2.50. The number of amides is 3. The third-order valence-electron chi connectivity index (χ3n) is 5.76. The summed E-state index contributed by atoms with van der Waals surface area (Å²) in [5.41, 5.74) is 2.34. The summed E-state index contributed by atoms with van der Waals surface area (Å²) in [6.45, 7) is 10.4. The Morgan fingerprint density at radius 3 is 2.69 bits per heavy atom. The van der Waals surface area contributed by atoms with Gasteiger partial charge < -0.3 is 19.9 Å². The molecule has 1 aromatic heterocycles. The molecule has 0 bridgehead atoms. The maximum atomic E-state index is 13.4. The number of nitrogens with one attached hydrogen (secondary N) is 1. The number of hydrogen-bond donors (Lipinski definition) is 1. The normalized spacial score (nSPS) is 15.4. The molecule has 0 aliphatic carbocycles. The lowest BCUT2D eigenvalue weighted by Gasteiger charge is -2.37. The van der Waals surface area contributed by atoms with E-state index in [2.05, 4.69) is 30.6 Å². The lowest BCUT2D eigenvalue weighted by molar-refractivity contribution is -0.135. The van der Waals surface area contributed by atoms with Crippen LogP contribution in [0.15, 0.2) is 35.7 Å². The fraction of sp³-hybridized carbons (Fsp3) is 0.520. The van der Waals surface area contributed by atoms with Gasteiger partial charge in [0.1, 0.15) is 18.9 Å². The smallest absolute Gasteiger partial charge is 0.317 e. The van der Waals surface area contributed by atoms with Crippen LogP contribution in [0, 0.1) is 12.8 Å². The molecule has 0 unspecified atom stereocenters. The molecule has 32 heavy (non-hydrogen) atoms. The Bertz CT molecular complexity index is 894. The van der Waals surface area contributed by atoms with Crippen LogP contribution in [0.5, 0.6) is 5.75 Å². The zero-order valence-electron chi connectivity index (χ0n) is 19.6. The van der Waals surface area contributed by atoms with Gasteiger partial charge >= 0.3 is 6.03 Å². The molecule has 3 rings (SSSR count). The Hall–Kier alpha value is -2.54. The fourth-order valence-corrected chi connectivity index (χ4v) is 4.80. The molecular weight excluding hydrogens is 422 g/mol. The van der Waals surface area contributed by atoms with Gasteiger partial charge in [0.25, 0.3) is 0 Å². The summed E-state index contributed by atoms with van der Waals surface area (Å²) >= 11 is 1.74. The number of thiophene rings is 1. The van der Waals surface area contributed by atoms with Crippen LogP contribution in [-0.4, -0.2) is 54.5 Å². The SMILES string of the molecule is CCNC(=O)N(CCC(C)C)CC(=O)N1CCc2sccc2[C@H]1COc1ccc(C)cc1. The largest absolute Gasteiger partial charge is 0.491 e. The van der Waals surface area contributed by atoms with Crippen molar-refractivity contribution in [2.24, 2.45) is 5.92 Å². The van der Waals surface area contributed by atoms with Gasteiger partial charge in [-0.1, -0.05) is 31.5 Å². The summed E-state index contributed by atoms with van der Waals surface area (Å²) in [6, 6.07) is 9.73. The van der Waals surface area contributed by atoms with Crippen molar-refractivity contribution in [3.8, 4) is 5.75 Å². The Labute approximate surface area is 195 Å². The number of aryl methyl sites for hydroxylation is 1. The van der Waals surface area contributed by atoms with Crippen molar-refractivity contribution in [1.82, 2.24) is 15.1 Å². The maximum Gasteiger partial charge on any atom is 0.317 e. The first-order chi connectivity index (χ1) is 15.4. The molecule has 6 nitrogen and oxygen atoms in total. The van der Waals surface area contributed by atoms with Crippen molar-refractivity contribution >= 4 is 23.3 Å². The molecule has 0 fully saturated rings. The van der Waals surface area contributed by atoms with Gasteiger partial charge in [-0.05, 0) is 61.7 Å². The van der Waals surface area contributed by atoms with Crippen LogP contribution in [0.3, 0.4) is 0 Å². The van der Waals surface area contributed by atoms with Crippen LogP contribution < -0.4 is 10.1 Å². The zero-order valence-corrected chi connectivity index (χ0v) is 20.4. The van der Waals surface area contributed by atoms with Crippen LogP contribution in [0.1, 0.15) is 49.2 Å². The molecule has 174 valence electrons. The van der Waals surface area contributed by atoms with E-state index >= 15 is 0 Å². The summed E-state index contributed by atoms with van der Waals surface area (Å²) in [7, 11) is 0. The third-order valence-corrected chi connectivity index (χ3v) is 6.76. The number of carbonyl (C=O) groups is 2. The van der Waals surface area contributed by atoms with E-state index in [0.29, 0.717) is 32.2 Å². The van der Waals surface area contributed by atoms with Gasteiger partial charge in [-0.15, -0.1) is 11.3 Å². The number of urea groups is 1. The summed E-state index contributed by atoms with van der Waals surface area (Å²) in [6.07, 6.45) is 1.70. The summed E-state index contributed by atoms with van der Waals surface area (Å²) in [5.74, 6) is 1.22. The van der Waals surface area contributed by atoms with Gasteiger partial charge in [0.2, 0.25) is 5.91 Å². The van der Waals surface area contributed by atoms with Crippen LogP contribution in [-0.2, 0) is 11.2 Å². The number of fused-ring (bicyclic) bond motifs is 1. The highest BCUT2D eigenvalue weighted by Crippen LogP contribution is 2.34. The predicted octanol–water partition coefficient (Wildman–Crippen LogP) is 4.64. The second-order valence-electron chi connectivity index (χ2n) is 8.72. The van der Waals surface area contributed by atoms with Crippen molar-refractivity contribution in [2.45, 2.75) is 46.6 Å². The van der Waals surface area contributed by atoms with Crippen molar-refractivity contribution in [2.75, 3.05) is 32.8 Å². The van der Waals surface area contributed by atoms with Gasteiger partial charge in [-0.25, -0.2) is 4.79 Å². The standard InChI is InChI=1S/C25H35N3O3S/c1-5-26-25(30)27(13-10-18(2)3)16-24(29)28-14-11-23-21(12-15-32-23)22(28)17-31-20-8-6-19(4)7-9-20/h6-9,12,15,18,22H,5,10-11,13-14,16-17H2,1-4H3,(H,26,30)/t22-/m1/s1. The zero-order chi connectivity index (χ0) is 23.1. The fourth-order valence-electron chi connectivity index (χ4n) is 3.87. The molecule has 3 amide bonds. The minimum atomic E-state index is -0.179. The minimum Gasteiger partial charge on any atom is -0.491 e. The number of rotatable bonds is 9. The summed E-state index contributed by atoms with van der Waals surface area (Å²) in [4.78, 5) is 30.8. The topological polar surface area (TPSA) is 61.9 Å². The maximum absolute atomic E-state index is 13.4. The van der Waals surface area contributed by atoms with Gasteiger partial charge in [0.05, 0.1) is 6.04 Å². The molecule has 0 saturated carbocycles. The highest BCUT2D eigenvalue weighted by Gasteiger charge is 2.33. The van der Waals surface area contributed by atoms with Gasteiger partial charge in [-0.2, -0.15) is 0 Å². The van der Waals surface area contributed by atoms with Gasteiger partial charge in [0.15, 0.2) is 0 Å². The Morgan fingerprint density at radius 1 is 1.25 bits per heavy atom. The van der Waals surface area contributed by atoms with Crippen molar-refractivity contribution in [3.63, 3.8) is 0 Å². The van der Waals surface area contributed by atoms with E-state index in [0.717, 1.165) is 24.2 Å². The van der Waals surface area contributed by atoms with Crippen LogP contribution in [0.2, 0.25) is 0 Å². The highest BCUT2D eigenvalue weighted by molar-refractivity contribution is 7.10. The molecule has 1 atom stereocenters. The average Bonchev–Trinajstić information content (AvgIpc) is 3.25. The molecule has 2 aromatic rings. The molecule has 2 heterocycles. The van der Waals surface area contributed by atoms with E-state index in [4.69, 9.17) is 4.74 Å². The Morgan fingerprint density at radius 2 is 2.00 bits per heavy atom. The number of nitrogens with zero attached hydrogens (tertiary/aromatic N) is 2. The van der Waals surface area contributed by atoms with Crippen LogP contribution in [0.4, 0.5) is 4.79 Å². The van der Waals surface area contributed by atoms with E-state index in [9.17, 15) is 9.59 Å². The summed E-state index contributed by atoms with van der Waals surface area (Å²) in [5, 5.41) is 4.93. The monoisotopic (exact) mass is 457 g/mol. The van der Waals surface area contributed by atoms with Crippen molar-refractivity contribution in [1.29, 1.82) is 0 Å². The van der Waals surface area contributed by atoms with E-state index in [1.807, 2.05) is 43.0 Å². The number of ether oxygens (including phenoxy) is 1. The van der Waals surface area contributed by atoms with E-state index in [1.54, 1.807) is 16.2 Å². The van der Waals surface area contributed by atoms with E-state index in [-0.39, 0.29) is 24.5 Å². The summed E-state index contributed by atoms with van der Waals surface area (Å²) < 4.78 is 6.09. The molecule has 0 radical (unpaired) electrons. The first-order valence-corrected chi connectivity index (χ1v) is 12.3. The van der Waals surface area contributed by atoms with Crippen molar-refractivity contribution in [3.05, 3.63) is 51.7 Å². The molecule has 1 aliphatic heterocycles. The number of benzene rings is 1. The molecule has 1 aromatic carbocycles. The van der Waals surface area contributed by atoms with Crippen molar-refractivity contribution < 1.29 is 14.3 Å². The van der Waals surface area contributed by atoms with E-state index in [1.165, 1.54) is 10.4 Å². The minimum absolute atomic E-state index is 0.0330. The number of hydrogen-bond acceptors (Lipinski definition) is 4. The average molecular weight is 458 g/mol. The predicted molar refractivity (Wildman–Crippen MR) is 129 cm³/mol. The molecule has 1 N–H and O–H groups in total. The molecule has 0 spiro atoms. The van der Waals surface area contributed by atoms with Crippen LogP contribution in [0.25, 0.3) is 0 Å². The van der Waals surface area contributed by atoms with Gasteiger partial charge in [0, 0.05) is 24.5 Å². The molecule has 0 saturated heterocycles. The van der Waals surface area contributed by atoms with E-state index < -0.39 is 0 Å². The van der Waals surface area contributed by atoms with Gasteiger partial charge in [-0.3, -0.25) is 4.79 Å². The Balaban J connectivity index is 1.74. The first-order valence-electron chi connectivity index (χ1n) is 11.5. The molecular formula is C25H35N3O3S. The first kappa shape index (κ1) is 24.1. The Kier molecular flexibility index (Phi) is 8.56. The quantitative estimate of drug-likeness (QED) is 0.597. The number of carbonyl (C=O) groups excluding carboxylic acids is 2. The molecule has 7 heteroatoms. The second-order valence-corrected chi connectivity index (χ2v) is 9.72. The lowest BCUT2D eigenvalue weighted by atomic mass is 10.0. The third kappa shape index (κ3) is 6.25. The van der Waals surface area contributed by atoms with Crippen LogP contribution >= 0.6 is 11.3 Å². The second kappa shape index (κ2) is 11.4. The molecule has 1 aliphatic rings.